The summed E-state index contributed by atoms with van der Waals surface area (Å²) >= 11 is 0. The van der Waals surface area contributed by atoms with Crippen LogP contribution in [-0.2, 0) is 9.59 Å². The second-order valence-corrected chi connectivity index (χ2v) is 8.22. The number of nitrogens with zero attached hydrogens (tertiary/aromatic N) is 2. The molecule has 1 aliphatic heterocycles. The molecule has 0 saturated carbocycles. The average molecular weight is 484 g/mol. The van der Waals surface area contributed by atoms with E-state index >= 15 is 0 Å². The number of carbonyl (C=O) groups excluding carboxylic acids is 2. The SMILES string of the molecule is O=C1C(=O)N(c2cccc(F)c2)C(c2ccc(O)c([N+](=O)[O-])c2)/C1=C(\O)c1ccc2ccccc2c1. The molecule has 1 aliphatic rings. The summed E-state index contributed by atoms with van der Waals surface area (Å²) in [5, 5.41) is 34.3. The van der Waals surface area contributed by atoms with Crippen LogP contribution in [0.1, 0.15) is 17.2 Å². The van der Waals surface area contributed by atoms with E-state index in [0.29, 0.717) is 0 Å². The van der Waals surface area contributed by atoms with Gasteiger partial charge in [0.05, 0.1) is 16.5 Å². The number of hydrogen-bond donors (Lipinski definition) is 2. The zero-order valence-electron chi connectivity index (χ0n) is 18.5. The standard InChI is InChI=1S/C27H17FN2O6/c28-19-6-3-7-20(14-19)29-24(17-10-11-22(31)21(13-17)30(35)36)23(26(33)27(29)34)25(32)18-9-8-15-4-1-2-5-16(15)12-18/h1-14,24,31-32H/b25-23+. The molecule has 0 aromatic heterocycles. The quantitative estimate of drug-likeness (QED) is 0.135. The van der Waals surface area contributed by atoms with E-state index in [4.69, 9.17) is 0 Å². The number of fused-ring (bicyclic) bond motifs is 1. The molecule has 1 saturated heterocycles. The van der Waals surface area contributed by atoms with Crippen LogP contribution in [0.3, 0.4) is 0 Å². The smallest absolute Gasteiger partial charge is 0.311 e. The molecule has 0 radical (unpaired) electrons. The summed E-state index contributed by atoms with van der Waals surface area (Å²) in [6, 6.07) is 19.4. The lowest BCUT2D eigenvalue weighted by molar-refractivity contribution is -0.385. The predicted octanol–water partition coefficient (Wildman–Crippen LogP) is 5.22. The van der Waals surface area contributed by atoms with Gasteiger partial charge in [-0.2, -0.15) is 0 Å². The van der Waals surface area contributed by atoms with Crippen LogP contribution in [-0.4, -0.2) is 26.8 Å². The highest BCUT2D eigenvalue weighted by Crippen LogP contribution is 2.44. The number of ketones is 1. The van der Waals surface area contributed by atoms with Crippen molar-refractivity contribution in [3.63, 3.8) is 0 Å². The summed E-state index contributed by atoms with van der Waals surface area (Å²) in [5.41, 5.74) is -0.618. The predicted molar refractivity (Wildman–Crippen MR) is 130 cm³/mol. The number of anilines is 1. The second kappa shape index (κ2) is 8.62. The lowest BCUT2D eigenvalue weighted by Gasteiger charge is -2.25. The van der Waals surface area contributed by atoms with Gasteiger partial charge in [-0.25, -0.2) is 4.39 Å². The Morgan fingerprint density at radius 3 is 2.39 bits per heavy atom. The molecule has 178 valence electrons. The third-order valence-electron chi connectivity index (χ3n) is 6.07. The number of aliphatic hydroxyl groups is 1. The highest BCUT2D eigenvalue weighted by Gasteiger charge is 2.47. The van der Waals surface area contributed by atoms with Crippen molar-refractivity contribution in [1.82, 2.24) is 0 Å². The van der Waals surface area contributed by atoms with Crippen LogP contribution in [0, 0.1) is 15.9 Å². The van der Waals surface area contributed by atoms with Gasteiger partial charge >= 0.3 is 5.69 Å². The van der Waals surface area contributed by atoms with Crippen LogP contribution in [0.15, 0.2) is 90.5 Å². The summed E-state index contributed by atoms with van der Waals surface area (Å²) in [6.45, 7) is 0. The van der Waals surface area contributed by atoms with Gasteiger partial charge in [-0.15, -0.1) is 0 Å². The van der Waals surface area contributed by atoms with Crippen molar-refractivity contribution in [2.75, 3.05) is 4.90 Å². The lowest BCUT2D eigenvalue weighted by atomic mass is 9.94. The highest BCUT2D eigenvalue weighted by molar-refractivity contribution is 6.51. The molecule has 0 spiro atoms. The van der Waals surface area contributed by atoms with Crippen molar-refractivity contribution in [2.24, 2.45) is 0 Å². The molecule has 36 heavy (non-hydrogen) atoms. The number of nitro benzene ring substituents is 1. The Balaban J connectivity index is 1.77. The molecule has 1 unspecified atom stereocenters. The summed E-state index contributed by atoms with van der Waals surface area (Å²) in [7, 11) is 0. The summed E-state index contributed by atoms with van der Waals surface area (Å²) in [4.78, 5) is 38.0. The van der Waals surface area contributed by atoms with Gasteiger partial charge in [-0.3, -0.25) is 24.6 Å². The number of carbonyl (C=O) groups is 2. The number of hydrogen-bond acceptors (Lipinski definition) is 6. The minimum absolute atomic E-state index is 0.0235. The number of phenols is 1. The third kappa shape index (κ3) is 3.72. The molecule has 1 fully saturated rings. The number of nitro groups is 1. The number of aliphatic hydroxyl groups excluding tert-OH is 1. The fraction of sp³-hybridized carbons (Fsp3) is 0.0370. The lowest BCUT2D eigenvalue weighted by Crippen LogP contribution is -2.29. The minimum atomic E-state index is -1.32. The summed E-state index contributed by atoms with van der Waals surface area (Å²) < 4.78 is 14.1. The number of Topliss-reactive ketones (excluding diaryl/α,β-unsaturated/α-hetero) is 1. The highest BCUT2D eigenvalue weighted by atomic mass is 19.1. The number of aromatic hydroxyl groups is 1. The Labute approximate surface area is 203 Å². The van der Waals surface area contributed by atoms with Gasteiger partial charge in [0.1, 0.15) is 11.6 Å². The van der Waals surface area contributed by atoms with Crippen LogP contribution < -0.4 is 4.90 Å². The van der Waals surface area contributed by atoms with Crippen molar-refractivity contribution >= 4 is 39.6 Å². The molecule has 4 aromatic rings. The maximum absolute atomic E-state index is 14.1. The van der Waals surface area contributed by atoms with Crippen molar-refractivity contribution < 1.29 is 29.1 Å². The molecule has 5 rings (SSSR count). The number of rotatable bonds is 4. The van der Waals surface area contributed by atoms with Crippen molar-refractivity contribution in [3.05, 3.63) is 118 Å². The molecule has 0 aliphatic carbocycles. The largest absolute Gasteiger partial charge is 0.507 e. The van der Waals surface area contributed by atoms with Gasteiger partial charge in [0.15, 0.2) is 5.75 Å². The van der Waals surface area contributed by atoms with Gasteiger partial charge in [0.2, 0.25) is 0 Å². The number of benzene rings is 4. The molecule has 1 heterocycles. The van der Waals surface area contributed by atoms with E-state index in [1.54, 1.807) is 18.2 Å². The molecule has 1 atom stereocenters. The topological polar surface area (TPSA) is 121 Å². The second-order valence-electron chi connectivity index (χ2n) is 8.22. The van der Waals surface area contributed by atoms with Gasteiger partial charge in [0, 0.05) is 17.3 Å². The molecule has 8 nitrogen and oxygen atoms in total. The van der Waals surface area contributed by atoms with E-state index in [-0.39, 0.29) is 22.4 Å². The molecular weight excluding hydrogens is 467 g/mol. The minimum Gasteiger partial charge on any atom is -0.507 e. The van der Waals surface area contributed by atoms with Crippen LogP contribution in [0.2, 0.25) is 0 Å². The van der Waals surface area contributed by atoms with E-state index in [0.717, 1.165) is 39.9 Å². The number of amides is 1. The number of halogens is 1. The molecular formula is C27H17FN2O6. The van der Waals surface area contributed by atoms with Crippen molar-refractivity contribution in [2.45, 2.75) is 6.04 Å². The van der Waals surface area contributed by atoms with Crippen LogP contribution in [0.5, 0.6) is 5.75 Å². The maximum atomic E-state index is 14.1. The van der Waals surface area contributed by atoms with Gasteiger partial charge < -0.3 is 10.2 Å². The monoisotopic (exact) mass is 484 g/mol. The maximum Gasteiger partial charge on any atom is 0.311 e. The average Bonchev–Trinajstić information content (AvgIpc) is 3.13. The van der Waals surface area contributed by atoms with Crippen molar-refractivity contribution in [3.8, 4) is 5.75 Å². The Kier molecular flexibility index (Phi) is 5.44. The van der Waals surface area contributed by atoms with E-state index in [9.17, 15) is 34.3 Å². The Morgan fingerprint density at radius 2 is 1.67 bits per heavy atom. The van der Waals surface area contributed by atoms with E-state index in [1.165, 1.54) is 18.2 Å². The zero-order valence-corrected chi connectivity index (χ0v) is 18.5. The van der Waals surface area contributed by atoms with Gasteiger partial charge in [0.25, 0.3) is 11.7 Å². The van der Waals surface area contributed by atoms with Crippen LogP contribution in [0.25, 0.3) is 16.5 Å². The summed E-state index contributed by atoms with van der Waals surface area (Å²) in [5.74, 6) is -3.84. The van der Waals surface area contributed by atoms with Crippen LogP contribution >= 0.6 is 0 Å². The zero-order chi connectivity index (χ0) is 25.6. The number of phenolic OH excluding ortho intramolecular Hbond substituents is 1. The van der Waals surface area contributed by atoms with E-state index in [1.807, 2.05) is 24.3 Å². The van der Waals surface area contributed by atoms with Crippen molar-refractivity contribution in [1.29, 1.82) is 0 Å². The third-order valence-corrected chi connectivity index (χ3v) is 6.07. The fourth-order valence-corrected chi connectivity index (χ4v) is 4.39. The van der Waals surface area contributed by atoms with E-state index in [2.05, 4.69) is 0 Å². The molecule has 4 aromatic carbocycles. The van der Waals surface area contributed by atoms with Gasteiger partial charge in [-0.1, -0.05) is 48.5 Å². The first-order chi connectivity index (χ1) is 17.3. The van der Waals surface area contributed by atoms with Gasteiger partial charge in [-0.05, 0) is 46.7 Å². The first-order valence-electron chi connectivity index (χ1n) is 10.8. The fourth-order valence-electron chi connectivity index (χ4n) is 4.39. The molecule has 9 heteroatoms. The molecule has 2 N–H and O–H groups in total. The molecule has 0 bridgehead atoms. The van der Waals surface area contributed by atoms with Crippen LogP contribution in [0.4, 0.5) is 15.8 Å². The first kappa shape index (κ1) is 22.7. The Morgan fingerprint density at radius 1 is 0.917 bits per heavy atom. The Hall–Kier alpha value is -5.05. The first-order valence-corrected chi connectivity index (χ1v) is 10.8. The molecule has 1 amide bonds. The Bertz CT molecular complexity index is 1610. The van der Waals surface area contributed by atoms with E-state index < -0.39 is 45.7 Å². The summed E-state index contributed by atoms with van der Waals surface area (Å²) in [6.07, 6.45) is 0. The normalized spacial score (nSPS) is 17.0.